The van der Waals surface area contributed by atoms with Crippen LogP contribution in [0.5, 0.6) is 0 Å². The lowest BCUT2D eigenvalue weighted by molar-refractivity contribution is 0.00672. The van der Waals surface area contributed by atoms with Gasteiger partial charge >= 0.3 is 17.1 Å². The second-order valence-electron chi connectivity index (χ2n) is 5.74. The molecule has 0 aliphatic carbocycles. The normalized spacial score (nSPS) is 16.0. The Hall–Kier alpha value is -1.79. The van der Waals surface area contributed by atoms with Crippen molar-refractivity contribution in [3.8, 4) is 0 Å². The lowest BCUT2D eigenvalue weighted by Crippen LogP contribution is -2.55. The van der Waals surface area contributed by atoms with Crippen molar-refractivity contribution < 1.29 is 23.7 Å². The molecule has 0 bridgehead atoms. The number of hydrogen-bond acceptors (Lipinski definition) is 8. The molecule has 27 heavy (non-hydrogen) atoms. The monoisotopic (exact) mass is 389 g/mol. The Morgan fingerprint density at radius 3 is 1.59 bits per heavy atom. The van der Waals surface area contributed by atoms with Gasteiger partial charge in [0.2, 0.25) is 0 Å². The summed E-state index contributed by atoms with van der Waals surface area (Å²) in [6.45, 7) is 5.90. The average Bonchev–Trinajstić information content (AvgIpc) is 3.47. The number of hydrogen-bond donors (Lipinski definition) is 0. The van der Waals surface area contributed by atoms with Crippen LogP contribution in [0.2, 0.25) is 0 Å². The Bertz CT molecular complexity index is 697. The van der Waals surface area contributed by atoms with E-state index in [-0.39, 0.29) is 39.3 Å². The minimum absolute atomic E-state index is 0.0792. The van der Waals surface area contributed by atoms with Gasteiger partial charge in [-0.3, -0.25) is 0 Å². The highest BCUT2D eigenvalue weighted by molar-refractivity contribution is 4.81. The van der Waals surface area contributed by atoms with E-state index in [2.05, 4.69) is 0 Å². The van der Waals surface area contributed by atoms with Gasteiger partial charge < -0.3 is 23.7 Å². The van der Waals surface area contributed by atoms with E-state index in [0.29, 0.717) is 33.0 Å². The van der Waals surface area contributed by atoms with Crippen molar-refractivity contribution in [2.45, 2.75) is 40.0 Å². The Morgan fingerprint density at radius 2 is 1.19 bits per heavy atom. The number of ether oxygens (including phenoxy) is 5. The third kappa shape index (κ3) is 6.40. The second-order valence-corrected chi connectivity index (χ2v) is 5.74. The topological polar surface area (TPSA) is 115 Å². The number of nitrogens with zero attached hydrogens (tertiary/aromatic N) is 3. The van der Waals surface area contributed by atoms with E-state index in [4.69, 9.17) is 23.7 Å². The summed E-state index contributed by atoms with van der Waals surface area (Å²) < 4.78 is 28.7. The highest BCUT2D eigenvalue weighted by Crippen LogP contribution is 2.08. The molecule has 154 valence electrons. The van der Waals surface area contributed by atoms with Crippen LogP contribution in [-0.4, -0.2) is 66.1 Å². The summed E-state index contributed by atoms with van der Waals surface area (Å²) in [4.78, 5) is 37.7. The van der Waals surface area contributed by atoms with Crippen molar-refractivity contribution in [1.82, 2.24) is 13.7 Å². The molecule has 1 unspecified atom stereocenters. The molecule has 1 fully saturated rings. The van der Waals surface area contributed by atoms with Gasteiger partial charge in [-0.25, -0.2) is 28.1 Å². The lowest BCUT2D eigenvalue weighted by atomic mass is 10.5. The summed E-state index contributed by atoms with van der Waals surface area (Å²) in [5, 5.41) is 0. The van der Waals surface area contributed by atoms with Gasteiger partial charge in [-0.2, -0.15) is 0 Å². The molecular weight excluding hydrogens is 362 g/mol. The quantitative estimate of drug-likeness (QED) is 0.282. The van der Waals surface area contributed by atoms with Crippen LogP contribution in [0, 0.1) is 0 Å². The summed E-state index contributed by atoms with van der Waals surface area (Å²) in [5.41, 5.74) is -2.25. The van der Waals surface area contributed by atoms with Crippen LogP contribution in [0.4, 0.5) is 0 Å². The molecule has 0 N–H and O–H groups in total. The fourth-order valence-corrected chi connectivity index (χ4v) is 2.27. The van der Waals surface area contributed by atoms with E-state index in [1.54, 1.807) is 0 Å². The van der Waals surface area contributed by atoms with Crippen LogP contribution in [0.15, 0.2) is 14.4 Å². The largest absolute Gasteiger partial charge is 0.379 e. The maximum Gasteiger partial charge on any atom is 0.340 e. The maximum atomic E-state index is 12.6. The van der Waals surface area contributed by atoms with E-state index >= 15 is 0 Å². The third-order valence-electron chi connectivity index (χ3n) is 3.77. The number of epoxide rings is 1. The molecule has 1 aliphatic heterocycles. The zero-order chi connectivity index (χ0) is 19.6. The molecule has 0 radical (unpaired) electrons. The second kappa shape index (κ2) is 11.1. The van der Waals surface area contributed by atoms with Gasteiger partial charge in [0, 0.05) is 13.2 Å². The molecule has 0 spiro atoms. The first-order valence-electron chi connectivity index (χ1n) is 8.97. The molecule has 2 heterocycles. The maximum absolute atomic E-state index is 12.6. The summed E-state index contributed by atoms with van der Waals surface area (Å²) in [7, 11) is 0. The van der Waals surface area contributed by atoms with Crippen molar-refractivity contribution >= 4 is 0 Å². The molecule has 0 amide bonds. The van der Waals surface area contributed by atoms with Crippen LogP contribution in [0.3, 0.4) is 0 Å². The van der Waals surface area contributed by atoms with Crippen LogP contribution >= 0.6 is 0 Å². The number of rotatable bonds is 14. The molecule has 11 nitrogen and oxygen atoms in total. The fraction of sp³-hybridized carbons (Fsp3) is 0.812. The summed E-state index contributed by atoms with van der Waals surface area (Å²) in [6, 6.07) is 0. The average molecular weight is 389 g/mol. The fourth-order valence-electron chi connectivity index (χ4n) is 2.27. The Balaban J connectivity index is 2.17. The summed E-state index contributed by atoms with van der Waals surface area (Å²) in [6.07, 6.45) is -0.201. The van der Waals surface area contributed by atoms with E-state index in [9.17, 15) is 14.4 Å². The van der Waals surface area contributed by atoms with Crippen LogP contribution in [-0.2, 0) is 43.7 Å². The van der Waals surface area contributed by atoms with Crippen molar-refractivity contribution in [2.75, 3.05) is 46.2 Å². The van der Waals surface area contributed by atoms with E-state index in [1.807, 2.05) is 13.8 Å². The summed E-state index contributed by atoms with van der Waals surface area (Å²) in [5.74, 6) is 0. The smallest absolute Gasteiger partial charge is 0.340 e. The first kappa shape index (κ1) is 21.5. The minimum atomic E-state index is -0.786. The molecule has 1 saturated heterocycles. The van der Waals surface area contributed by atoms with Gasteiger partial charge in [0.05, 0.1) is 45.7 Å². The molecule has 11 heteroatoms. The molecule has 0 saturated carbocycles. The lowest BCUT2D eigenvalue weighted by Gasteiger charge is -2.14. The molecular formula is C16H27N3O8. The first-order chi connectivity index (χ1) is 13.1. The Morgan fingerprint density at radius 1 is 0.778 bits per heavy atom. The van der Waals surface area contributed by atoms with Crippen molar-refractivity contribution in [3.05, 3.63) is 31.5 Å². The van der Waals surface area contributed by atoms with Gasteiger partial charge in [0.25, 0.3) is 0 Å². The predicted molar refractivity (Wildman–Crippen MR) is 93.9 cm³/mol. The van der Waals surface area contributed by atoms with Crippen LogP contribution < -0.4 is 17.1 Å². The van der Waals surface area contributed by atoms with Crippen LogP contribution in [0.25, 0.3) is 0 Å². The van der Waals surface area contributed by atoms with E-state index < -0.39 is 17.1 Å². The highest BCUT2D eigenvalue weighted by Gasteiger charge is 2.26. The Kier molecular flexibility index (Phi) is 8.88. The minimum Gasteiger partial charge on any atom is -0.379 e. The van der Waals surface area contributed by atoms with Gasteiger partial charge in [-0.1, -0.05) is 0 Å². The molecule has 1 aliphatic rings. The van der Waals surface area contributed by atoms with Crippen molar-refractivity contribution in [1.29, 1.82) is 0 Å². The molecule has 2 rings (SSSR count). The SMILES string of the molecule is CCOCCOCn1c(=O)n(COCCOCC)c(=O)n(CC2CO2)c1=O. The molecule has 0 aromatic carbocycles. The predicted octanol–water partition coefficient (Wildman–Crippen LogP) is -1.41. The summed E-state index contributed by atoms with van der Waals surface area (Å²) >= 11 is 0. The zero-order valence-electron chi connectivity index (χ0n) is 15.8. The first-order valence-corrected chi connectivity index (χ1v) is 8.97. The van der Waals surface area contributed by atoms with Gasteiger partial charge in [0.1, 0.15) is 13.5 Å². The third-order valence-corrected chi connectivity index (χ3v) is 3.77. The van der Waals surface area contributed by atoms with Gasteiger partial charge in [0.15, 0.2) is 0 Å². The molecule has 1 aromatic heterocycles. The van der Waals surface area contributed by atoms with Gasteiger partial charge in [-0.15, -0.1) is 0 Å². The van der Waals surface area contributed by atoms with Crippen LogP contribution in [0.1, 0.15) is 13.8 Å². The highest BCUT2D eigenvalue weighted by atomic mass is 16.6. The van der Waals surface area contributed by atoms with Crippen molar-refractivity contribution in [3.63, 3.8) is 0 Å². The van der Waals surface area contributed by atoms with E-state index in [0.717, 1.165) is 13.7 Å². The van der Waals surface area contributed by atoms with E-state index in [1.165, 1.54) is 0 Å². The number of aromatic nitrogens is 3. The standard InChI is InChI=1S/C16H27N3O8/c1-3-23-5-7-25-11-18-14(20)17(9-13-10-27-13)15(21)19(16(18)22)12-26-8-6-24-4-2/h13H,3-12H2,1-2H3. The van der Waals surface area contributed by atoms with Gasteiger partial charge in [-0.05, 0) is 13.8 Å². The molecule has 1 atom stereocenters. The Labute approximate surface area is 156 Å². The zero-order valence-corrected chi connectivity index (χ0v) is 15.8. The van der Waals surface area contributed by atoms with Crippen molar-refractivity contribution in [2.24, 2.45) is 0 Å². The molecule has 1 aromatic rings.